The van der Waals surface area contributed by atoms with Gasteiger partial charge in [-0.05, 0) is 6.07 Å². The van der Waals surface area contributed by atoms with Gasteiger partial charge in [0.1, 0.15) is 5.00 Å². The maximum Gasteiger partial charge on any atom is 0.359 e. The molecule has 7 heteroatoms. The molecule has 2 aromatic heterocycles. The Balaban J connectivity index is 2.05. The van der Waals surface area contributed by atoms with Gasteiger partial charge in [-0.3, -0.25) is 4.79 Å². The standard InChI is InChI=1S/C14H11N3O3S/c1-20-14(19)10-12(15)21-13(17-10)11(18)8-6-16-9-5-3-2-4-7(8)9/h2-6,16H,15H2,1H3. The molecular weight excluding hydrogens is 290 g/mol. The average Bonchev–Trinajstić information content (AvgIpc) is 3.09. The van der Waals surface area contributed by atoms with E-state index in [0.29, 0.717) is 5.56 Å². The minimum absolute atomic E-state index is 0.0225. The number of methoxy groups -OCH3 is 1. The number of fused-ring (bicyclic) bond motifs is 1. The van der Waals surface area contributed by atoms with E-state index in [0.717, 1.165) is 22.2 Å². The van der Waals surface area contributed by atoms with Gasteiger partial charge in [-0.15, -0.1) is 0 Å². The number of carbonyl (C=O) groups is 2. The molecule has 0 saturated carbocycles. The molecule has 0 fully saturated rings. The van der Waals surface area contributed by atoms with Crippen LogP contribution in [0.5, 0.6) is 0 Å². The minimum Gasteiger partial charge on any atom is -0.464 e. The molecule has 0 spiro atoms. The first-order valence-corrected chi connectivity index (χ1v) is 6.89. The fraction of sp³-hybridized carbons (Fsp3) is 0.0714. The number of nitrogens with two attached hydrogens (primary N) is 1. The van der Waals surface area contributed by atoms with Crippen LogP contribution >= 0.6 is 11.3 Å². The number of nitrogens with one attached hydrogen (secondary N) is 1. The normalized spacial score (nSPS) is 10.7. The van der Waals surface area contributed by atoms with Crippen molar-refractivity contribution in [3.63, 3.8) is 0 Å². The van der Waals surface area contributed by atoms with Gasteiger partial charge in [-0.1, -0.05) is 29.5 Å². The third-order valence-corrected chi connectivity index (χ3v) is 3.94. The van der Waals surface area contributed by atoms with Gasteiger partial charge in [0.2, 0.25) is 5.78 Å². The Morgan fingerprint density at radius 2 is 2.10 bits per heavy atom. The first kappa shape index (κ1) is 13.3. The van der Waals surface area contributed by atoms with Gasteiger partial charge in [-0.25, -0.2) is 9.78 Å². The predicted octanol–water partition coefficient (Wildman–Crippen LogP) is 2.22. The Hall–Kier alpha value is -2.67. The number of nitrogens with zero attached hydrogens (tertiary/aromatic N) is 1. The van der Waals surface area contributed by atoms with E-state index in [1.165, 1.54) is 7.11 Å². The van der Waals surface area contributed by atoms with Gasteiger partial charge in [0.15, 0.2) is 10.7 Å². The van der Waals surface area contributed by atoms with Gasteiger partial charge >= 0.3 is 5.97 Å². The van der Waals surface area contributed by atoms with E-state index in [1.807, 2.05) is 24.3 Å². The van der Waals surface area contributed by atoms with Crippen molar-refractivity contribution in [2.75, 3.05) is 12.8 Å². The number of thiazole rings is 1. The van der Waals surface area contributed by atoms with Crippen LogP contribution in [0.3, 0.4) is 0 Å². The van der Waals surface area contributed by atoms with Gasteiger partial charge in [0, 0.05) is 17.1 Å². The molecular formula is C14H11N3O3S. The summed E-state index contributed by atoms with van der Waals surface area (Å²) in [7, 11) is 1.24. The van der Waals surface area contributed by atoms with Gasteiger partial charge < -0.3 is 15.5 Å². The number of ketones is 1. The van der Waals surface area contributed by atoms with Crippen LogP contribution in [0.15, 0.2) is 30.5 Å². The fourth-order valence-corrected chi connectivity index (χ4v) is 2.82. The summed E-state index contributed by atoms with van der Waals surface area (Å²) in [5, 5.41) is 1.14. The van der Waals surface area contributed by atoms with Crippen LogP contribution in [-0.4, -0.2) is 28.8 Å². The fourth-order valence-electron chi connectivity index (χ4n) is 2.05. The highest BCUT2D eigenvalue weighted by molar-refractivity contribution is 7.17. The molecule has 6 nitrogen and oxygen atoms in total. The quantitative estimate of drug-likeness (QED) is 0.571. The summed E-state index contributed by atoms with van der Waals surface area (Å²) in [5.74, 6) is -0.930. The number of ether oxygens (including phenoxy) is 1. The molecule has 0 atom stereocenters. The highest BCUT2D eigenvalue weighted by Crippen LogP contribution is 2.26. The Morgan fingerprint density at radius 1 is 1.33 bits per heavy atom. The summed E-state index contributed by atoms with van der Waals surface area (Å²) in [5.41, 5.74) is 7.05. The smallest absolute Gasteiger partial charge is 0.359 e. The van der Waals surface area contributed by atoms with Crippen molar-refractivity contribution in [3.8, 4) is 0 Å². The molecule has 3 rings (SSSR count). The van der Waals surface area contributed by atoms with Crippen LogP contribution in [0.1, 0.15) is 25.9 Å². The number of benzene rings is 1. The number of esters is 1. The number of rotatable bonds is 3. The number of hydrogen-bond donors (Lipinski definition) is 2. The van der Waals surface area contributed by atoms with E-state index >= 15 is 0 Å². The van der Waals surface area contributed by atoms with E-state index in [2.05, 4.69) is 14.7 Å². The number of anilines is 1. The monoisotopic (exact) mass is 301 g/mol. The molecule has 0 aliphatic rings. The summed E-state index contributed by atoms with van der Waals surface area (Å²) < 4.78 is 4.58. The highest BCUT2D eigenvalue weighted by atomic mass is 32.1. The second kappa shape index (κ2) is 5.02. The summed E-state index contributed by atoms with van der Waals surface area (Å²) in [4.78, 5) is 31.0. The highest BCUT2D eigenvalue weighted by Gasteiger charge is 2.23. The summed E-state index contributed by atoms with van der Waals surface area (Å²) in [6.07, 6.45) is 1.63. The lowest BCUT2D eigenvalue weighted by atomic mass is 10.1. The van der Waals surface area contributed by atoms with Crippen LogP contribution in [0.25, 0.3) is 10.9 Å². The van der Waals surface area contributed by atoms with Crippen LogP contribution in [-0.2, 0) is 4.74 Å². The lowest BCUT2D eigenvalue weighted by Gasteiger charge is -1.95. The minimum atomic E-state index is -0.651. The van der Waals surface area contributed by atoms with Gasteiger partial charge in [0.25, 0.3) is 0 Å². The second-order valence-electron chi connectivity index (χ2n) is 4.30. The molecule has 0 saturated heterocycles. The molecule has 3 N–H and O–H groups in total. The SMILES string of the molecule is COC(=O)c1nc(C(=O)c2c[nH]c3ccccc23)sc1N. The molecule has 2 heterocycles. The van der Waals surface area contributed by atoms with Crippen LogP contribution in [0.4, 0.5) is 5.00 Å². The number of H-pyrrole nitrogens is 1. The molecule has 0 aliphatic heterocycles. The van der Waals surface area contributed by atoms with Crippen molar-refractivity contribution in [1.82, 2.24) is 9.97 Å². The topological polar surface area (TPSA) is 98.1 Å². The number of carbonyl (C=O) groups excluding carboxylic acids is 2. The molecule has 1 aromatic carbocycles. The van der Waals surface area contributed by atoms with Crippen LogP contribution in [0.2, 0.25) is 0 Å². The maximum absolute atomic E-state index is 12.5. The molecule has 3 aromatic rings. The first-order valence-electron chi connectivity index (χ1n) is 6.07. The zero-order valence-electron chi connectivity index (χ0n) is 11.0. The number of aromatic nitrogens is 2. The van der Waals surface area contributed by atoms with Gasteiger partial charge in [-0.2, -0.15) is 0 Å². The second-order valence-corrected chi connectivity index (χ2v) is 5.33. The van der Waals surface area contributed by atoms with Crippen LogP contribution in [0, 0.1) is 0 Å². The lowest BCUT2D eigenvalue weighted by Crippen LogP contribution is -2.06. The third kappa shape index (κ3) is 2.17. The summed E-state index contributed by atoms with van der Waals surface area (Å²) in [6, 6.07) is 7.45. The van der Waals surface area contributed by atoms with Crippen molar-refractivity contribution in [2.24, 2.45) is 0 Å². The molecule has 0 aliphatic carbocycles. The zero-order valence-corrected chi connectivity index (χ0v) is 11.9. The van der Waals surface area contributed by atoms with E-state index in [-0.39, 0.29) is 21.5 Å². The summed E-state index contributed by atoms with van der Waals surface area (Å²) in [6.45, 7) is 0. The summed E-state index contributed by atoms with van der Waals surface area (Å²) >= 11 is 0.975. The Morgan fingerprint density at radius 3 is 2.86 bits per heavy atom. The number of nitrogen functional groups attached to an aromatic ring is 1. The first-order chi connectivity index (χ1) is 10.1. The Kier molecular flexibility index (Phi) is 3.19. The Bertz CT molecular complexity index is 850. The number of hydrogen-bond acceptors (Lipinski definition) is 6. The average molecular weight is 301 g/mol. The molecule has 106 valence electrons. The third-order valence-electron chi connectivity index (χ3n) is 3.06. The largest absolute Gasteiger partial charge is 0.464 e. The lowest BCUT2D eigenvalue weighted by molar-refractivity contribution is 0.0596. The van der Waals surface area contributed by atoms with E-state index in [9.17, 15) is 9.59 Å². The molecule has 0 bridgehead atoms. The molecule has 0 radical (unpaired) electrons. The molecule has 0 amide bonds. The van der Waals surface area contributed by atoms with E-state index in [4.69, 9.17) is 5.73 Å². The maximum atomic E-state index is 12.5. The van der Waals surface area contributed by atoms with Crippen molar-refractivity contribution in [2.45, 2.75) is 0 Å². The van der Waals surface area contributed by atoms with E-state index in [1.54, 1.807) is 6.20 Å². The Labute approximate surface area is 123 Å². The van der Waals surface area contributed by atoms with Gasteiger partial charge in [0.05, 0.1) is 12.7 Å². The van der Waals surface area contributed by atoms with Crippen molar-refractivity contribution in [1.29, 1.82) is 0 Å². The predicted molar refractivity (Wildman–Crippen MR) is 79.6 cm³/mol. The zero-order chi connectivity index (χ0) is 15.0. The van der Waals surface area contributed by atoms with Crippen molar-refractivity contribution < 1.29 is 14.3 Å². The van der Waals surface area contributed by atoms with Crippen LogP contribution < -0.4 is 5.73 Å². The number of aromatic amines is 1. The van der Waals surface area contributed by atoms with E-state index < -0.39 is 5.97 Å². The van der Waals surface area contributed by atoms with Crippen molar-refractivity contribution in [3.05, 3.63) is 46.7 Å². The number of para-hydroxylation sites is 1. The van der Waals surface area contributed by atoms with Crippen molar-refractivity contribution >= 4 is 39.0 Å². The molecule has 0 unspecified atom stereocenters. The molecule has 21 heavy (non-hydrogen) atoms.